The summed E-state index contributed by atoms with van der Waals surface area (Å²) in [5.74, 6) is 1.57. The fourth-order valence-electron chi connectivity index (χ4n) is 5.19. The molecule has 2 heteroatoms. The topological polar surface area (TPSA) is 23.5 Å². The van der Waals surface area contributed by atoms with Crippen LogP contribution in [0, 0.1) is 11.8 Å². The number of allylic oxidation sites excluding steroid dienone is 1. The van der Waals surface area contributed by atoms with Gasteiger partial charge in [-0.15, -0.1) is 0 Å². The zero-order chi connectivity index (χ0) is 13.1. The molecule has 2 fully saturated rings. The Morgan fingerprint density at radius 2 is 1.61 bits per heavy atom. The van der Waals surface area contributed by atoms with Gasteiger partial charge in [-0.3, -0.25) is 4.90 Å². The molecular weight excluding hydrogens is 222 g/mol. The van der Waals surface area contributed by atoms with Crippen molar-refractivity contribution in [2.24, 2.45) is 11.8 Å². The van der Waals surface area contributed by atoms with Gasteiger partial charge in [0, 0.05) is 17.1 Å². The van der Waals surface area contributed by atoms with Gasteiger partial charge in [0.05, 0.1) is 6.10 Å². The van der Waals surface area contributed by atoms with Crippen LogP contribution in [0.15, 0.2) is 12.2 Å². The summed E-state index contributed by atoms with van der Waals surface area (Å²) in [5.41, 5.74) is 0.230. The van der Waals surface area contributed by atoms with E-state index in [-0.39, 0.29) is 17.2 Å². The Kier molecular flexibility index (Phi) is 2.70. The maximum Gasteiger partial charge on any atom is 0.0575 e. The van der Waals surface area contributed by atoms with Crippen molar-refractivity contribution in [3.63, 3.8) is 0 Å². The molecule has 0 aromatic rings. The van der Waals surface area contributed by atoms with E-state index in [1.54, 1.807) is 0 Å². The third-order valence-electron chi connectivity index (χ3n) is 5.35. The molecule has 1 aliphatic heterocycles. The van der Waals surface area contributed by atoms with Crippen LogP contribution in [-0.4, -0.2) is 33.2 Å². The van der Waals surface area contributed by atoms with E-state index in [9.17, 15) is 5.11 Å². The standard InChI is InChI=1S/C16H27NO/c1-15(2)9-13(18)10-16(3,4)17(15)14-8-11-5-6-12(14)7-11/h5-6,11-14,18H,7-10H2,1-4H3. The molecule has 0 aromatic carbocycles. The Morgan fingerprint density at radius 3 is 2.06 bits per heavy atom. The number of aliphatic hydroxyl groups excluding tert-OH is 1. The van der Waals surface area contributed by atoms with Crippen molar-refractivity contribution >= 4 is 0 Å². The van der Waals surface area contributed by atoms with Crippen LogP contribution in [0.3, 0.4) is 0 Å². The summed E-state index contributed by atoms with van der Waals surface area (Å²) >= 11 is 0. The van der Waals surface area contributed by atoms with Crippen molar-refractivity contribution in [1.29, 1.82) is 0 Å². The molecule has 0 spiro atoms. The van der Waals surface area contributed by atoms with Crippen LogP contribution >= 0.6 is 0 Å². The van der Waals surface area contributed by atoms with Crippen LogP contribution in [-0.2, 0) is 0 Å². The van der Waals surface area contributed by atoms with Crippen molar-refractivity contribution in [2.75, 3.05) is 0 Å². The van der Waals surface area contributed by atoms with Gasteiger partial charge < -0.3 is 5.11 Å². The Balaban J connectivity index is 1.90. The molecule has 0 aromatic heterocycles. The van der Waals surface area contributed by atoms with Crippen LogP contribution < -0.4 is 0 Å². The zero-order valence-corrected chi connectivity index (χ0v) is 12.2. The molecule has 2 aliphatic carbocycles. The van der Waals surface area contributed by atoms with Gasteiger partial charge in [-0.2, -0.15) is 0 Å². The Morgan fingerprint density at radius 1 is 1.00 bits per heavy atom. The molecule has 1 N–H and O–H groups in total. The summed E-state index contributed by atoms with van der Waals surface area (Å²) in [6.45, 7) is 9.25. The van der Waals surface area contributed by atoms with Gasteiger partial charge >= 0.3 is 0 Å². The fourth-order valence-corrected chi connectivity index (χ4v) is 5.19. The van der Waals surface area contributed by atoms with E-state index in [2.05, 4.69) is 44.7 Å². The van der Waals surface area contributed by atoms with E-state index >= 15 is 0 Å². The summed E-state index contributed by atoms with van der Waals surface area (Å²) in [5, 5.41) is 10.1. The Labute approximate surface area is 111 Å². The summed E-state index contributed by atoms with van der Waals surface area (Å²) in [7, 11) is 0. The van der Waals surface area contributed by atoms with Crippen LogP contribution in [0.2, 0.25) is 0 Å². The van der Waals surface area contributed by atoms with Crippen molar-refractivity contribution in [3.05, 3.63) is 12.2 Å². The maximum atomic E-state index is 10.1. The number of nitrogens with zero attached hydrogens (tertiary/aromatic N) is 1. The predicted molar refractivity (Wildman–Crippen MR) is 74.4 cm³/mol. The first-order valence-electron chi connectivity index (χ1n) is 7.45. The number of fused-ring (bicyclic) bond motifs is 2. The molecule has 102 valence electrons. The average Bonchev–Trinajstić information content (AvgIpc) is 2.73. The first-order chi connectivity index (χ1) is 8.29. The van der Waals surface area contributed by atoms with E-state index in [1.165, 1.54) is 12.8 Å². The van der Waals surface area contributed by atoms with Gasteiger partial charge in [-0.05, 0) is 65.2 Å². The van der Waals surface area contributed by atoms with E-state index in [0.29, 0.717) is 6.04 Å². The molecule has 3 aliphatic rings. The van der Waals surface area contributed by atoms with Gasteiger partial charge in [0.15, 0.2) is 0 Å². The SMILES string of the molecule is CC1(C)CC(O)CC(C)(C)N1C1CC2C=CC1C2. The highest BCUT2D eigenvalue weighted by atomic mass is 16.3. The van der Waals surface area contributed by atoms with E-state index < -0.39 is 0 Å². The van der Waals surface area contributed by atoms with Gasteiger partial charge in [-0.1, -0.05) is 12.2 Å². The third-order valence-corrected chi connectivity index (χ3v) is 5.35. The fraction of sp³-hybridized carbons (Fsp3) is 0.875. The number of likely N-dealkylation sites (tertiary alicyclic amines) is 1. The smallest absolute Gasteiger partial charge is 0.0575 e. The molecule has 18 heavy (non-hydrogen) atoms. The molecule has 1 heterocycles. The summed E-state index contributed by atoms with van der Waals surface area (Å²) in [6, 6.07) is 0.692. The Hall–Kier alpha value is -0.340. The van der Waals surface area contributed by atoms with Gasteiger partial charge in [-0.25, -0.2) is 0 Å². The second kappa shape index (κ2) is 3.83. The summed E-state index contributed by atoms with van der Waals surface area (Å²) in [4.78, 5) is 2.74. The molecule has 3 rings (SSSR count). The lowest BCUT2D eigenvalue weighted by molar-refractivity contribution is -0.110. The molecule has 2 nitrogen and oxygen atoms in total. The van der Waals surface area contributed by atoms with Crippen molar-refractivity contribution in [3.8, 4) is 0 Å². The molecular formula is C16H27NO. The number of piperidine rings is 1. The van der Waals surface area contributed by atoms with Gasteiger partial charge in [0.25, 0.3) is 0 Å². The monoisotopic (exact) mass is 249 g/mol. The largest absolute Gasteiger partial charge is 0.393 e. The lowest BCUT2D eigenvalue weighted by atomic mass is 9.75. The van der Waals surface area contributed by atoms with Gasteiger partial charge in [0.2, 0.25) is 0 Å². The van der Waals surface area contributed by atoms with Crippen LogP contribution in [0.1, 0.15) is 53.4 Å². The Bertz CT molecular complexity index is 353. The van der Waals surface area contributed by atoms with Crippen molar-refractivity contribution in [2.45, 2.75) is 76.6 Å². The van der Waals surface area contributed by atoms with Gasteiger partial charge in [0.1, 0.15) is 0 Å². The molecule has 3 atom stereocenters. The van der Waals surface area contributed by atoms with E-state index in [1.807, 2.05) is 0 Å². The lowest BCUT2D eigenvalue weighted by Crippen LogP contribution is -2.65. The van der Waals surface area contributed by atoms with Crippen LogP contribution in [0.25, 0.3) is 0 Å². The second-order valence-electron chi connectivity index (χ2n) is 7.90. The molecule has 0 amide bonds. The number of hydrogen-bond donors (Lipinski definition) is 1. The zero-order valence-electron chi connectivity index (χ0n) is 12.2. The highest BCUT2D eigenvalue weighted by Crippen LogP contribution is 2.49. The summed E-state index contributed by atoms with van der Waals surface area (Å²) in [6.07, 6.45) is 9.22. The molecule has 3 unspecified atom stereocenters. The number of rotatable bonds is 1. The third kappa shape index (κ3) is 1.85. The highest BCUT2D eigenvalue weighted by molar-refractivity contribution is 5.16. The molecule has 1 saturated carbocycles. The van der Waals surface area contributed by atoms with Crippen LogP contribution in [0.5, 0.6) is 0 Å². The average molecular weight is 249 g/mol. The minimum atomic E-state index is -0.139. The molecule has 2 bridgehead atoms. The molecule has 0 radical (unpaired) electrons. The summed E-state index contributed by atoms with van der Waals surface area (Å²) < 4.78 is 0. The highest BCUT2D eigenvalue weighted by Gasteiger charge is 2.52. The molecule has 1 saturated heterocycles. The maximum absolute atomic E-state index is 10.1. The van der Waals surface area contributed by atoms with E-state index in [0.717, 1.165) is 24.7 Å². The quantitative estimate of drug-likeness (QED) is 0.722. The second-order valence-corrected chi connectivity index (χ2v) is 7.90. The lowest BCUT2D eigenvalue weighted by Gasteiger charge is -2.58. The van der Waals surface area contributed by atoms with Crippen LogP contribution in [0.4, 0.5) is 0 Å². The predicted octanol–water partition coefficient (Wildman–Crippen LogP) is 2.96. The number of aliphatic hydroxyl groups is 1. The number of hydrogen-bond acceptors (Lipinski definition) is 2. The first kappa shape index (κ1) is 12.7. The normalized spacial score (nSPS) is 42.6. The van der Waals surface area contributed by atoms with E-state index in [4.69, 9.17) is 0 Å². The minimum absolute atomic E-state index is 0.115. The van der Waals surface area contributed by atoms with Crippen molar-refractivity contribution in [1.82, 2.24) is 4.90 Å². The minimum Gasteiger partial charge on any atom is -0.393 e. The first-order valence-corrected chi connectivity index (χ1v) is 7.45. The van der Waals surface area contributed by atoms with Crippen molar-refractivity contribution < 1.29 is 5.11 Å².